The number of imide groups is 1. The average Bonchev–Trinajstić information content (AvgIpc) is 2.33. The van der Waals surface area contributed by atoms with Gasteiger partial charge in [0.2, 0.25) is 11.8 Å². The normalized spacial score (nSPS) is 19.9. The van der Waals surface area contributed by atoms with Gasteiger partial charge in [0.15, 0.2) is 0 Å². The first-order valence-corrected chi connectivity index (χ1v) is 5.99. The quantitative estimate of drug-likeness (QED) is 0.772. The van der Waals surface area contributed by atoms with Crippen LogP contribution in [0.2, 0.25) is 5.02 Å². The van der Waals surface area contributed by atoms with Crippen LogP contribution >= 0.6 is 11.6 Å². The molecule has 5 nitrogen and oxygen atoms in total. The summed E-state index contributed by atoms with van der Waals surface area (Å²) in [7, 11) is 0. The van der Waals surface area contributed by atoms with Crippen molar-refractivity contribution in [1.82, 2.24) is 5.32 Å². The van der Waals surface area contributed by atoms with Gasteiger partial charge in [-0.25, -0.2) is 0 Å². The maximum absolute atomic E-state index is 11.6. The molecule has 1 heterocycles. The molecule has 0 saturated carbocycles. The molecule has 3 N–H and O–H groups in total. The molecule has 96 valence electrons. The molecule has 6 heteroatoms. The molecule has 1 unspecified atom stereocenters. The maximum atomic E-state index is 11.6. The SMILES string of the molecule is CC1C(=O)NC(=O)CN1c1ccc(CN)c(Cl)c1. The minimum atomic E-state index is -0.400. The number of halogens is 1. The Kier molecular flexibility index (Phi) is 3.54. The highest BCUT2D eigenvalue weighted by Crippen LogP contribution is 2.25. The third kappa shape index (κ3) is 2.32. The van der Waals surface area contributed by atoms with Gasteiger partial charge in [0.1, 0.15) is 6.04 Å². The number of anilines is 1. The van der Waals surface area contributed by atoms with Gasteiger partial charge in [-0.2, -0.15) is 0 Å². The van der Waals surface area contributed by atoms with E-state index < -0.39 is 6.04 Å². The summed E-state index contributed by atoms with van der Waals surface area (Å²) < 4.78 is 0. The lowest BCUT2D eigenvalue weighted by molar-refractivity contribution is -0.132. The van der Waals surface area contributed by atoms with Crippen molar-refractivity contribution >= 4 is 29.1 Å². The van der Waals surface area contributed by atoms with E-state index in [0.29, 0.717) is 11.6 Å². The van der Waals surface area contributed by atoms with Crippen LogP contribution in [0.1, 0.15) is 12.5 Å². The molecule has 1 fully saturated rings. The van der Waals surface area contributed by atoms with Crippen LogP contribution < -0.4 is 16.0 Å². The number of nitrogens with one attached hydrogen (secondary N) is 1. The molecule has 0 bridgehead atoms. The number of carbonyl (C=O) groups excluding carboxylic acids is 2. The van der Waals surface area contributed by atoms with E-state index in [1.165, 1.54) is 0 Å². The second-order valence-electron chi connectivity index (χ2n) is 4.20. The highest BCUT2D eigenvalue weighted by atomic mass is 35.5. The van der Waals surface area contributed by atoms with Crippen LogP contribution in [0.3, 0.4) is 0 Å². The Morgan fingerprint density at radius 1 is 1.50 bits per heavy atom. The number of benzene rings is 1. The van der Waals surface area contributed by atoms with E-state index in [0.717, 1.165) is 11.3 Å². The van der Waals surface area contributed by atoms with E-state index in [1.807, 2.05) is 6.07 Å². The van der Waals surface area contributed by atoms with Crippen LogP contribution in [0.5, 0.6) is 0 Å². The summed E-state index contributed by atoms with van der Waals surface area (Å²) in [6.07, 6.45) is 0. The molecule has 1 aromatic carbocycles. The molecule has 1 aliphatic heterocycles. The van der Waals surface area contributed by atoms with Gasteiger partial charge in [0, 0.05) is 17.3 Å². The summed E-state index contributed by atoms with van der Waals surface area (Å²) in [6.45, 7) is 2.24. The van der Waals surface area contributed by atoms with Crippen LogP contribution in [0.25, 0.3) is 0 Å². The molecular formula is C12H14ClN3O2. The third-order valence-corrected chi connectivity index (χ3v) is 3.36. The number of nitrogens with two attached hydrogens (primary N) is 1. The number of nitrogens with zero attached hydrogens (tertiary/aromatic N) is 1. The molecule has 18 heavy (non-hydrogen) atoms. The highest BCUT2D eigenvalue weighted by Gasteiger charge is 2.30. The average molecular weight is 268 g/mol. The molecule has 1 atom stereocenters. The van der Waals surface area contributed by atoms with Gasteiger partial charge in [-0.15, -0.1) is 0 Å². The van der Waals surface area contributed by atoms with Crippen LogP contribution in [-0.4, -0.2) is 24.4 Å². The Morgan fingerprint density at radius 2 is 2.22 bits per heavy atom. The molecular weight excluding hydrogens is 254 g/mol. The van der Waals surface area contributed by atoms with Crippen molar-refractivity contribution in [2.75, 3.05) is 11.4 Å². The van der Waals surface area contributed by atoms with E-state index in [-0.39, 0.29) is 18.4 Å². The molecule has 0 radical (unpaired) electrons. The van der Waals surface area contributed by atoms with Crippen molar-refractivity contribution < 1.29 is 9.59 Å². The lowest BCUT2D eigenvalue weighted by atomic mass is 10.1. The molecule has 1 aliphatic rings. The van der Waals surface area contributed by atoms with E-state index in [1.54, 1.807) is 24.0 Å². The molecule has 1 aromatic rings. The maximum Gasteiger partial charge on any atom is 0.249 e. The van der Waals surface area contributed by atoms with Gasteiger partial charge in [-0.05, 0) is 24.6 Å². The van der Waals surface area contributed by atoms with Crippen LogP contribution in [0.15, 0.2) is 18.2 Å². The van der Waals surface area contributed by atoms with Gasteiger partial charge in [-0.3, -0.25) is 14.9 Å². The summed E-state index contributed by atoms with van der Waals surface area (Å²) in [5.41, 5.74) is 7.11. The first-order chi connectivity index (χ1) is 8.52. The Bertz CT molecular complexity index is 504. The highest BCUT2D eigenvalue weighted by molar-refractivity contribution is 6.31. The molecule has 2 amide bonds. The van der Waals surface area contributed by atoms with Gasteiger partial charge in [0.25, 0.3) is 0 Å². The fraction of sp³-hybridized carbons (Fsp3) is 0.333. The van der Waals surface area contributed by atoms with Gasteiger partial charge < -0.3 is 10.6 Å². The summed E-state index contributed by atoms with van der Waals surface area (Å²) in [4.78, 5) is 24.7. The first kappa shape index (κ1) is 12.9. The van der Waals surface area contributed by atoms with Crippen molar-refractivity contribution in [1.29, 1.82) is 0 Å². The second-order valence-corrected chi connectivity index (χ2v) is 4.60. The molecule has 0 aromatic heterocycles. The van der Waals surface area contributed by atoms with E-state index >= 15 is 0 Å². The number of carbonyl (C=O) groups is 2. The Hall–Kier alpha value is -1.59. The summed E-state index contributed by atoms with van der Waals surface area (Å²) in [5.74, 6) is -0.609. The predicted octanol–water partition coefficient (Wildman–Crippen LogP) is 0.650. The lowest BCUT2D eigenvalue weighted by Gasteiger charge is -2.33. The van der Waals surface area contributed by atoms with Crippen molar-refractivity contribution in [3.63, 3.8) is 0 Å². The largest absolute Gasteiger partial charge is 0.350 e. The number of hydrogen-bond acceptors (Lipinski definition) is 4. The summed E-state index contributed by atoms with van der Waals surface area (Å²) >= 11 is 6.08. The first-order valence-electron chi connectivity index (χ1n) is 5.61. The topological polar surface area (TPSA) is 75.4 Å². The summed E-state index contributed by atoms with van der Waals surface area (Å²) in [6, 6.07) is 4.95. The van der Waals surface area contributed by atoms with Gasteiger partial charge in [-0.1, -0.05) is 17.7 Å². The van der Waals surface area contributed by atoms with Crippen LogP contribution in [-0.2, 0) is 16.1 Å². The Morgan fingerprint density at radius 3 is 2.83 bits per heavy atom. The third-order valence-electron chi connectivity index (χ3n) is 3.01. The number of rotatable bonds is 2. The molecule has 0 spiro atoms. The summed E-state index contributed by atoms with van der Waals surface area (Å²) in [5, 5.41) is 2.84. The molecule has 0 aliphatic carbocycles. The zero-order valence-electron chi connectivity index (χ0n) is 9.94. The standard InChI is InChI=1S/C12H14ClN3O2/c1-7-12(18)15-11(17)6-16(7)9-3-2-8(5-14)10(13)4-9/h2-4,7H,5-6,14H2,1H3,(H,15,17,18). The fourth-order valence-electron chi connectivity index (χ4n) is 1.91. The van der Waals surface area contributed by atoms with E-state index in [4.69, 9.17) is 17.3 Å². The predicted molar refractivity (Wildman–Crippen MR) is 69.3 cm³/mol. The molecule has 1 saturated heterocycles. The Labute approximate surface area is 110 Å². The van der Waals surface area contributed by atoms with Crippen molar-refractivity contribution in [2.45, 2.75) is 19.5 Å². The fourth-order valence-corrected chi connectivity index (χ4v) is 2.16. The zero-order chi connectivity index (χ0) is 13.3. The van der Waals surface area contributed by atoms with E-state index in [2.05, 4.69) is 5.32 Å². The number of hydrogen-bond donors (Lipinski definition) is 2. The monoisotopic (exact) mass is 267 g/mol. The second kappa shape index (κ2) is 4.96. The number of piperazine rings is 1. The lowest BCUT2D eigenvalue weighted by Crippen LogP contribution is -2.57. The molecule has 2 rings (SSSR count). The van der Waals surface area contributed by atoms with Crippen molar-refractivity contribution in [3.05, 3.63) is 28.8 Å². The number of amides is 2. The smallest absolute Gasteiger partial charge is 0.249 e. The van der Waals surface area contributed by atoms with Crippen molar-refractivity contribution in [2.24, 2.45) is 5.73 Å². The van der Waals surface area contributed by atoms with Crippen molar-refractivity contribution in [3.8, 4) is 0 Å². The Balaban J connectivity index is 2.32. The minimum Gasteiger partial charge on any atom is -0.350 e. The van der Waals surface area contributed by atoms with Gasteiger partial charge in [0.05, 0.1) is 6.54 Å². The van der Waals surface area contributed by atoms with Gasteiger partial charge >= 0.3 is 0 Å². The van der Waals surface area contributed by atoms with Crippen LogP contribution in [0, 0.1) is 0 Å². The zero-order valence-corrected chi connectivity index (χ0v) is 10.7. The van der Waals surface area contributed by atoms with Crippen LogP contribution in [0.4, 0.5) is 5.69 Å². The minimum absolute atomic E-state index is 0.144. The van der Waals surface area contributed by atoms with E-state index in [9.17, 15) is 9.59 Å².